The van der Waals surface area contributed by atoms with Crippen LogP contribution in [-0.4, -0.2) is 43.7 Å². The van der Waals surface area contributed by atoms with E-state index in [1.54, 1.807) is 31.3 Å². The molecule has 6 heteroatoms. The van der Waals surface area contributed by atoms with Gasteiger partial charge in [0.25, 0.3) is 11.8 Å². The number of unbranched alkanes of at least 4 members (excludes halogenated alkanes) is 1. The summed E-state index contributed by atoms with van der Waals surface area (Å²) in [6.45, 7) is 3.78. The lowest BCUT2D eigenvalue weighted by Crippen LogP contribution is -2.47. The molecule has 0 spiro atoms. The number of benzene rings is 2. The molecule has 0 aromatic heterocycles. The maximum Gasteiger partial charge on any atom is 0.275 e. The van der Waals surface area contributed by atoms with E-state index in [9.17, 15) is 9.59 Å². The van der Waals surface area contributed by atoms with Crippen LogP contribution in [0.2, 0.25) is 0 Å². The molecule has 2 amide bonds. The third-order valence-electron chi connectivity index (χ3n) is 4.22. The summed E-state index contributed by atoms with van der Waals surface area (Å²) in [5.74, 6) is -0.0607. The number of nitrogens with one attached hydrogen (secondary N) is 1. The second kappa shape index (κ2) is 7.63. The van der Waals surface area contributed by atoms with Crippen LogP contribution in [0.5, 0.6) is 5.75 Å². The summed E-state index contributed by atoms with van der Waals surface area (Å²) in [6, 6.07) is 8.87. The highest BCUT2D eigenvalue weighted by Crippen LogP contribution is 2.34. The summed E-state index contributed by atoms with van der Waals surface area (Å²) in [7, 11) is 1.55. The van der Waals surface area contributed by atoms with E-state index < -0.39 is 0 Å². The van der Waals surface area contributed by atoms with Crippen LogP contribution >= 0.6 is 0 Å². The van der Waals surface area contributed by atoms with Crippen LogP contribution in [0.15, 0.2) is 30.3 Å². The number of rotatable bonds is 8. The van der Waals surface area contributed by atoms with Crippen LogP contribution in [-0.2, 0) is 4.74 Å². The highest BCUT2D eigenvalue weighted by atomic mass is 16.5. The van der Waals surface area contributed by atoms with Gasteiger partial charge in [-0.15, -0.1) is 0 Å². The number of carbonyl (C=O) groups is 2. The van der Waals surface area contributed by atoms with Crippen molar-refractivity contribution < 1.29 is 19.1 Å². The first-order valence-electron chi connectivity index (χ1n) is 8.51. The Balaban J connectivity index is 1.87. The molecule has 1 N–H and O–H groups in total. The Labute approximate surface area is 146 Å². The van der Waals surface area contributed by atoms with Gasteiger partial charge in [-0.2, -0.15) is 0 Å². The molecule has 0 saturated heterocycles. The summed E-state index contributed by atoms with van der Waals surface area (Å²) in [5, 5.41) is 2.44. The largest absolute Gasteiger partial charge is 0.491 e. The predicted molar refractivity (Wildman–Crippen MR) is 94.7 cm³/mol. The third-order valence-corrected chi connectivity index (χ3v) is 4.22. The number of imide groups is 1. The number of hydrogen-bond acceptors (Lipinski definition) is 5. The highest BCUT2D eigenvalue weighted by Gasteiger charge is 2.32. The molecule has 6 nitrogen and oxygen atoms in total. The normalized spacial score (nSPS) is 13.6. The van der Waals surface area contributed by atoms with Crippen molar-refractivity contribution in [3.63, 3.8) is 0 Å². The predicted octanol–water partition coefficient (Wildman–Crippen LogP) is 2.77. The fraction of sp³-hybridized carbons (Fsp3) is 0.368. The van der Waals surface area contributed by atoms with Gasteiger partial charge in [0.05, 0.1) is 17.7 Å². The molecule has 1 aliphatic rings. The van der Waals surface area contributed by atoms with E-state index in [4.69, 9.17) is 9.47 Å². The average molecular weight is 342 g/mol. The van der Waals surface area contributed by atoms with Crippen molar-refractivity contribution in [2.24, 2.45) is 0 Å². The van der Waals surface area contributed by atoms with Crippen LogP contribution in [0.1, 0.15) is 40.5 Å². The molecule has 2 aromatic rings. The van der Waals surface area contributed by atoms with Crippen molar-refractivity contribution in [3.8, 4) is 5.75 Å². The van der Waals surface area contributed by atoms with Crippen molar-refractivity contribution in [1.29, 1.82) is 0 Å². The van der Waals surface area contributed by atoms with Crippen LogP contribution in [0.3, 0.4) is 0 Å². The quantitative estimate of drug-likeness (QED) is 0.590. The molecule has 2 aromatic carbocycles. The summed E-state index contributed by atoms with van der Waals surface area (Å²) in [6.07, 6.45) is 2.13. The number of ether oxygens (including phenoxy) is 2. The number of nitrogens with zero attached hydrogens (tertiary/aromatic N) is 1. The zero-order valence-corrected chi connectivity index (χ0v) is 14.5. The second-order valence-corrected chi connectivity index (χ2v) is 5.82. The van der Waals surface area contributed by atoms with Gasteiger partial charge in [-0.05, 0) is 24.6 Å². The van der Waals surface area contributed by atoms with Gasteiger partial charge in [0.15, 0.2) is 0 Å². The maximum atomic E-state index is 12.5. The molecule has 0 radical (unpaired) electrons. The molecule has 0 fully saturated rings. The molecule has 132 valence electrons. The first kappa shape index (κ1) is 17.4. The van der Waals surface area contributed by atoms with E-state index >= 15 is 0 Å². The van der Waals surface area contributed by atoms with E-state index in [1.165, 1.54) is 0 Å². The van der Waals surface area contributed by atoms with Crippen molar-refractivity contribution in [2.45, 2.75) is 19.8 Å². The van der Waals surface area contributed by atoms with Crippen LogP contribution in [0.25, 0.3) is 10.8 Å². The van der Waals surface area contributed by atoms with E-state index in [1.807, 2.05) is 6.07 Å². The van der Waals surface area contributed by atoms with Gasteiger partial charge in [0.1, 0.15) is 12.4 Å². The molecule has 1 aliphatic heterocycles. The first-order valence-corrected chi connectivity index (χ1v) is 8.51. The minimum Gasteiger partial charge on any atom is -0.491 e. The highest BCUT2D eigenvalue weighted by molar-refractivity contribution is 6.25. The first-order chi connectivity index (χ1) is 12.2. The Bertz CT molecular complexity index is 781. The molecular weight excluding hydrogens is 320 g/mol. The SMILES string of the molecule is CCCCOCCOc1ccc2c3c(cccc13)C(=O)N(NC)C2=O. The molecule has 0 aliphatic carbocycles. The van der Waals surface area contributed by atoms with Gasteiger partial charge >= 0.3 is 0 Å². The number of hydrazine groups is 1. The Kier molecular flexibility index (Phi) is 5.31. The standard InChI is InChI=1S/C19H22N2O4/c1-3-4-10-24-11-12-25-16-9-8-15-17-13(16)6-5-7-14(17)18(22)21(20-2)19(15)23/h5-9,20H,3-4,10-12H2,1-2H3. The van der Waals surface area contributed by atoms with Gasteiger partial charge in [-0.3, -0.25) is 9.59 Å². The van der Waals surface area contributed by atoms with Crippen LogP contribution in [0.4, 0.5) is 0 Å². The van der Waals surface area contributed by atoms with E-state index in [0.717, 1.165) is 29.8 Å². The van der Waals surface area contributed by atoms with Gasteiger partial charge in [-0.1, -0.05) is 25.5 Å². The molecule has 1 heterocycles. The van der Waals surface area contributed by atoms with E-state index in [0.29, 0.717) is 35.5 Å². The lowest BCUT2D eigenvalue weighted by Gasteiger charge is -2.26. The van der Waals surface area contributed by atoms with Gasteiger partial charge in [-0.25, -0.2) is 10.4 Å². The molecule has 3 rings (SSSR count). The van der Waals surface area contributed by atoms with Gasteiger partial charge in [0.2, 0.25) is 0 Å². The number of carbonyl (C=O) groups excluding carboxylic acids is 2. The second-order valence-electron chi connectivity index (χ2n) is 5.82. The van der Waals surface area contributed by atoms with Crippen LogP contribution < -0.4 is 10.2 Å². The zero-order chi connectivity index (χ0) is 17.8. The Hall–Kier alpha value is -2.44. The van der Waals surface area contributed by atoms with Gasteiger partial charge in [0, 0.05) is 24.4 Å². The molecule has 0 bridgehead atoms. The summed E-state index contributed by atoms with van der Waals surface area (Å²) in [5.41, 5.74) is 3.63. The topological polar surface area (TPSA) is 67.9 Å². The molecule has 0 atom stereocenters. The van der Waals surface area contributed by atoms with Crippen molar-refractivity contribution in [1.82, 2.24) is 10.4 Å². The Morgan fingerprint density at radius 1 is 1.00 bits per heavy atom. The average Bonchev–Trinajstić information content (AvgIpc) is 2.63. The monoisotopic (exact) mass is 342 g/mol. The Morgan fingerprint density at radius 3 is 2.48 bits per heavy atom. The van der Waals surface area contributed by atoms with Crippen molar-refractivity contribution in [3.05, 3.63) is 41.5 Å². The number of hydrogen-bond donors (Lipinski definition) is 1. The molecular formula is C19H22N2O4. The van der Waals surface area contributed by atoms with E-state index in [-0.39, 0.29) is 11.8 Å². The number of amides is 2. The van der Waals surface area contributed by atoms with E-state index in [2.05, 4.69) is 12.3 Å². The smallest absolute Gasteiger partial charge is 0.275 e. The fourth-order valence-corrected chi connectivity index (χ4v) is 2.96. The fourth-order valence-electron chi connectivity index (χ4n) is 2.96. The summed E-state index contributed by atoms with van der Waals surface area (Å²) in [4.78, 5) is 25.0. The Morgan fingerprint density at radius 2 is 1.76 bits per heavy atom. The summed E-state index contributed by atoms with van der Waals surface area (Å²) < 4.78 is 11.3. The lowest BCUT2D eigenvalue weighted by atomic mass is 9.94. The third kappa shape index (κ3) is 3.23. The van der Waals surface area contributed by atoms with Crippen molar-refractivity contribution >= 4 is 22.6 Å². The minimum absolute atomic E-state index is 0.356. The summed E-state index contributed by atoms with van der Waals surface area (Å²) >= 11 is 0. The molecule has 0 saturated carbocycles. The molecule has 25 heavy (non-hydrogen) atoms. The van der Waals surface area contributed by atoms with Gasteiger partial charge < -0.3 is 9.47 Å². The lowest BCUT2D eigenvalue weighted by molar-refractivity contribution is 0.0540. The van der Waals surface area contributed by atoms with Crippen LogP contribution in [0, 0.1) is 0 Å². The van der Waals surface area contributed by atoms with Crippen molar-refractivity contribution in [2.75, 3.05) is 26.9 Å². The maximum absolute atomic E-state index is 12.5. The molecule has 0 unspecified atom stereocenters. The minimum atomic E-state index is -0.356. The zero-order valence-electron chi connectivity index (χ0n) is 14.5.